The first-order chi connectivity index (χ1) is 10.7. The summed E-state index contributed by atoms with van der Waals surface area (Å²) in [4.78, 5) is 23.7. The summed E-state index contributed by atoms with van der Waals surface area (Å²) in [6, 6.07) is 9.65. The zero-order chi connectivity index (χ0) is 15.8. The summed E-state index contributed by atoms with van der Waals surface area (Å²) in [7, 11) is 0. The lowest BCUT2D eigenvalue weighted by Crippen LogP contribution is -2.51. The SMILES string of the molecule is CC1NCCCC1NC(=O)CCCNC(=O)c1ccccc1. The first-order valence-corrected chi connectivity index (χ1v) is 8.03. The molecule has 1 saturated heterocycles. The highest BCUT2D eigenvalue weighted by molar-refractivity contribution is 5.94. The van der Waals surface area contributed by atoms with Gasteiger partial charge in [-0.2, -0.15) is 0 Å². The number of benzene rings is 1. The van der Waals surface area contributed by atoms with Crippen LogP contribution in [0.3, 0.4) is 0 Å². The Labute approximate surface area is 131 Å². The molecule has 1 fully saturated rings. The fourth-order valence-electron chi connectivity index (χ4n) is 2.66. The van der Waals surface area contributed by atoms with Crippen LogP contribution >= 0.6 is 0 Å². The van der Waals surface area contributed by atoms with Crippen molar-refractivity contribution in [1.82, 2.24) is 16.0 Å². The van der Waals surface area contributed by atoms with Crippen molar-refractivity contribution in [1.29, 1.82) is 0 Å². The van der Waals surface area contributed by atoms with Crippen molar-refractivity contribution < 1.29 is 9.59 Å². The maximum atomic E-state index is 11.9. The Morgan fingerprint density at radius 3 is 2.77 bits per heavy atom. The van der Waals surface area contributed by atoms with Gasteiger partial charge in [-0.15, -0.1) is 0 Å². The van der Waals surface area contributed by atoms with E-state index in [-0.39, 0.29) is 17.9 Å². The molecule has 2 rings (SSSR count). The monoisotopic (exact) mass is 303 g/mol. The molecule has 120 valence electrons. The van der Waals surface area contributed by atoms with Crippen molar-refractivity contribution in [2.24, 2.45) is 0 Å². The molecule has 5 nitrogen and oxygen atoms in total. The van der Waals surface area contributed by atoms with E-state index >= 15 is 0 Å². The molecule has 0 saturated carbocycles. The van der Waals surface area contributed by atoms with Crippen molar-refractivity contribution in [3.8, 4) is 0 Å². The zero-order valence-corrected chi connectivity index (χ0v) is 13.1. The van der Waals surface area contributed by atoms with Gasteiger partial charge in [0.05, 0.1) is 0 Å². The topological polar surface area (TPSA) is 70.2 Å². The van der Waals surface area contributed by atoms with Crippen LogP contribution in [0.1, 0.15) is 43.0 Å². The molecule has 1 heterocycles. The lowest BCUT2D eigenvalue weighted by atomic mass is 10.00. The maximum absolute atomic E-state index is 11.9. The van der Waals surface area contributed by atoms with E-state index < -0.39 is 0 Å². The molecule has 2 amide bonds. The molecule has 22 heavy (non-hydrogen) atoms. The van der Waals surface area contributed by atoms with Gasteiger partial charge in [0.25, 0.3) is 5.91 Å². The molecule has 1 aromatic rings. The summed E-state index contributed by atoms with van der Waals surface area (Å²) in [5.74, 6) is -0.0272. The molecule has 1 aliphatic rings. The lowest BCUT2D eigenvalue weighted by Gasteiger charge is -2.30. The first-order valence-electron chi connectivity index (χ1n) is 8.03. The lowest BCUT2D eigenvalue weighted by molar-refractivity contribution is -0.122. The Balaban J connectivity index is 1.62. The summed E-state index contributed by atoms with van der Waals surface area (Å²) < 4.78 is 0. The third kappa shape index (κ3) is 5.15. The minimum absolute atomic E-state index is 0.0644. The molecular formula is C17H25N3O2. The predicted octanol–water partition coefficient (Wildman–Crippen LogP) is 1.45. The smallest absolute Gasteiger partial charge is 0.251 e. The number of amides is 2. The molecule has 0 radical (unpaired) electrons. The first kappa shape index (κ1) is 16.5. The van der Waals surface area contributed by atoms with E-state index in [1.54, 1.807) is 12.1 Å². The second-order valence-corrected chi connectivity index (χ2v) is 5.78. The molecule has 0 spiro atoms. The number of nitrogens with one attached hydrogen (secondary N) is 3. The molecular weight excluding hydrogens is 278 g/mol. The molecule has 0 aromatic heterocycles. The highest BCUT2D eigenvalue weighted by Crippen LogP contribution is 2.08. The molecule has 1 aromatic carbocycles. The Bertz CT molecular complexity index is 490. The Kier molecular flexibility index (Phi) is 6.40. The molecule has 3 N–H and O–H groups in total. The second kappa shape index (κ2) is 8.54. The minimum atomic E-state index is -0.0916. The maximum Gasteiger partial charge on any atom is 0.251 e. The van der Waals surface area contributed by atoms with Gasteiger partial charge < -0.3 is 16.0 Å². The van der Waals surface area contributed by atoms with Crippen molar-refractivity contribution in [2.75, 3.05) is 13.1 Å². The Hall–Kier alpha value is -1.88. The van der Waals surface area contributed by atoms with E-state index in [0.29, 0.717) is 31.0 Å². The van der Waals surface area contributed by atoms with Gasteiger partial charge in [0.15, 0.2) is 0 Å². The summed E-state index contributed by atoms with van der Waals surface area (Å²) in [6.45, 7) is 3.64. The van der Waals surface area contributed by atoms with E-state index in [0.717, 1.165) is 19.4 Å². The summed E-state index contributed by atoms with van der Waals surface area (Å²) in [5, 5.41) is 9.28. The number of carbonyl (C=O) groups excluding carboxylic acids is 2. The quantitative estimate of drug-likeness (QED) is 0.697. The van der Waals surface area contributed by atoms with Crippen LogP contribution in [0.4, 0.5) is 0 Å². The fraction of sp³-hybridized carbons (Fsp3) is 0.529. The summed E-state index contributed by atoms with van der Waals surface area (Å²) in [6.07, 6.45) is 3.23. The van der Waals surface area contributed by atoms with E-state index in [9.17, 15) is 9.59 Å². The molecule has 2 atom stereocenters. The molecule has 0 aliphatic carbocycles. The number of carbonyl (C=O) groups is 2. The minimum Gasteiger partial charge on any atom is -0.352 e. The standard InChI is InChI=1S/C17H25N3O2/c1-13-15(9-5-11-18-13)20-16(21)10-6-12-19-17(22)14-7-3-2-4-8-14/h2-4,7-8,13,15,18H,5-6,9-12H2,1H3,(H,19,22)(H,20,21). The van der Waals surface area contributed by atoms with Crippen LogP contribution in [0.2, 0.25) is 0 Å². The van der Waals surface area contributed by atoms with Crippen LogP contribution in [0, 0.1) is 0 Å². The van der Waals surface area contributed by atoms with Crippen LogP contribution in [0.15, 0.2) is 30.3 Å². The van der Waals surface area contributed by atoms with Crippen LogP contribution in [-0.4, -0.2) is 37.0 Å². The average Bonchev–Trinajstić information content (AvgIpc) is 2.54. The van der Waals surface area contributed by atoms with Crippen LogP contribution in [-0.2, 0) is 4.79 Å². The van der Waals surface area contributed by atoms with Crippen LogP contribution < -0.4 is 16.0 Å². The number of hydrogen-bond acceptors (Lipinski definition) is 3. The third-order valence-electron chi connectivity index (χ3n) is 4.01. The van der Waals surface area contributed by atoms with E-state index in [1.807, 2.05) is 18.2 Å². The predicted molar refractivity (Wildman–Crippen MR) is 86.6 cm³/mol. The van der Waals surface area contributed by atoms with Gasteiger partial charge in [0, 0.05) is 30.6 Å². The second-order valence-electron chi connectivity index (χ2n) is 5.78. The van der Waals surface area contributed by atoms with Gasteiger partial charge in [-0.05, 0) is 44.9 Å². The number of rotatable bonds is 6. The Morgan fingerprint density at radius 1 is 1.27 bits per heavy atom. The number of piperidine rings is 1. The molecule has 2 unspecified atom stereocenters. The van der Waals surface area contributed by atoms with E-state index in [4.69, 9.17) is 0 Å². The number of hydrogen-bond donors (Lipinski definition) is 3. The highest BCUT2D eigenvalue weighted by atomic mass is 16.2. The van der Waals surface area contributed by atoms with Crippen molar-refractivity contribution >= 4 is 11.8 Å². The molecule has 5 heteroatoms. The van der Waals surface area contributed by atoms with E-state index in [2.05, 4.69) is 22.9 Å². The van der Waals surface area contributed by atoms with Crippen LogP contribution in [0.25, 0.3) is 0 Å². The fourth-order valence-corrected chi connectivity index (χ4v) is 2.66. The van der Waals surface area contributed by atoms with Gasteiger partial charge in [-0.1, -0.05) is 18.2 Å². The van der Waals surface area contributed by atoms with Crippen molar-refractivity contribution in [2.45, 2.75) is 44.7 Å². The summed E-state index contributed by atoms with van der Waals surface area (Å²) >= 11 is 0. The third-order valence-corrected chi connectivity index (χ3v) is 4.01. The van der Waals surface area contributed by atoms with Gasteiger partial charge in [-0.3, -0.25) is 9.59 Å². The highest BCUT2D eigenvalue weighted by Gasteiger charge is 2.21. The normalized spacial score (nSPS) is 21.1. The van der Waals surface area contributed by atoms with Crippen molar-refractivity contribution in [3.63, 3.8) is 0 Å². The van der Waals surface area contributed by atoms with Crippen LogP contribution in [0.5, 0.6) is 0 Å². The van der Waals surface area contributed by atoms with Crippen molar-refractivity contribution in [3.05, 3.63) is 35.9 Å². The summed E-state index contributed by atoms with van der Waals surface area (Å²) in [5.41, 5.74) is 0.647. The zero-order valence-electron chi connectivity index (χ0n) is 13.1. The van der Waals surface area contributed by atoms with E-state index in [1.165, 1.54) is 0 Å². The van der Waals surface area contributed by atoms with Gasteiger partial charge >= 0.3 is 0 Å². The average molecular weight is 303 g/mol. The molecule has 0 bridgehead atoms. The Morgan fingerprint density at radius 2 is 2.05 bits per heavy atom. The molecule has 1 aliphatic heterocycles. The van der Waals surface area contributed by atoms with Gasteiger partial charge in [0.2, 0.25) is 5.91 Å². The van der Waals surface area contributed by atoms with Gasteiger partial charge in [0.1, 0.15) is 0 Å². The largest absolute Gasteiger partial charge is 0.352 e. The van der Waals surface area contributed by atoms with Gasteiger partial charge in [-0.25, -0.2) is 0 Å².